The van der Waals surface area contributed by atoms with Crippen LogP contribution in [0.15, 0.2) is 36.7 Å². The molecule has 1 aliphatic heterocycles. The summed E-state index contributed by atoms with van der Waals surface area (Å²) >= 11 is 0. The number of nitrogens with two attached hydrogens (primary N) is 1. The lowest BCUT2D eigenvalue weighted by Gasteiger charge is -2.26. The van der Waals surface area contributed by atoms with Crippen LogP contribution in [0, 0.1) is 0 Å². The molecule has 1 saturated heterocycles. The number of benzene rings is 1. The molecule has 0 saturated carbocycles. The Kier molecular flexibility index (Phi) is 5.79. The third-order valence-electron chi connectivity index (χ3n) is 4.30. The van der Waals surface area contributed by atoms with E-state index in [9.17, 15) is 4.79 Å². The van der Waals surface area contributed by atoms with Crippen molar-refractivity contribution in [2.75, 3.05) is 36.8 Å². The summed E-state index contributed by atoms with van der Waals surface area (Å²) in [5, 5.41) is 5.81. The smallest absolute Gasteiger partial charge is 0.316 e. The maximum absolute atomic E-state index is 10.8. The van der Waals surface area contributed by atoms with Gasteiger partial charge in [-0.25, -0.2) is 14.8 Å². The Morgan fingerprint density at radius 1 is 1.04 bits per heavy atom. The van der Waals surface area contributed by atoms with Gasteiger partial charge in [-0.3, -0.25) is 0 Å². The van der Waals surface area contributed by atoms with Crippen LogP contribution in [0.2, 0.25) is 0 Å². The molecule has 0 spiro atoms. The van der Waals surface area contributed by atoms with Gasteiger partial charge in [0.1, 0.15) is 0 Å². The van der Waals surface area contributed by atoms with Crippen LogP contribution < -0.4 is 16.4 Å². The average Bonchev–Trinajstić information content (AvgIpc) is 2.63. The van der Waals surface area contributed by atoms with Gasteiger partial charge in [-0.15, -0.1) is 0 Å². The van der Waals surface area contributed by atoms with Crippen LogP contribution in [0.5, 0.6) is 0 Å². The van der Waals surface area contributed by atoms with Gasteiger partial charge in [0.15, 0.2) is 0 Å². The van der Waals surface area contributed by atoms with Crippen LogP contribution in [0.3, 0.4) is 0 Å². The Morgan fingerprint density at radius 3 is 2.36 bits per heavy atom. The fraction of sp³-hybridized carbons (Fsp3) is 0.389. The number of carbonyl (C=O) groups excluding carboxylic acids is 1. The van der Waals surface area contributed by atoms with Crippen molar-refractivity contribution in [3.8, 4) is 11.1 Å². The van der Waals surface area contributed by atoms with Crippen LogP contribution in [0.4, 0.5) is 16.4 Å². The molecule has 1 aromatic carbocycles. The predicted octanol–water partition coefficient (Wildman–Crippen LogP) is 2.53. The second kappa shape index (κ2) is 8.43. The first-order valence-corrected chi connectivity index (χ1v) is 8.66. The molecule has 0 unspecified atom stereocenters. The maximum Gasteiger partial charge on any atom is 0.316 e. The molecular formula is C18H24N6O. The molecular weight excluding hydrogens is 316 g/mol. The van der Waals surface area contributed by atoms with Gasteiger partial charge in [-0.1, -0.05) is 18.6 Å². The first kappa shape index (κ1) is 17.2. The zero-order valence-corrected chi connectivity index (χ0v) is 14.2. The normalized spacial score (nSPS) is 14.9. The molecule has 3 rings (SSSR count). The van der Waals surface area contributed by atoms with Crippen molar-refractivity contribution in [2.45, 2.75) is 19.3 Å². The van der Waals surface area contributed by atoms with Crippen molar-refractivity contribution in [1.82, 2.24) is 14.9 Å². The van der Waals surface area contributed by atoms with Crippen molar-refractivity contribution in [1.29, 1.82) is 0 Å². The van der Waals surface area contributed by atoms with Gasteiger partial charge in [0, 0.05) is 36.7 Å². The fourth-order valence-corrected chi connectivity index (χ4v) is 2.97. The molecule has 0 radical (unpaired) electrons. The maximum atomic E-state index is 10.8. The number of amides is 2. The number of primary amides is 1. The van der Waals surface area contributed by atoms with Gasteiger partial charge in [0.05, 0.1) is 0 Å². The highest BCUT2D eigenvalue weighted by atomic mass is 16.2. The van der Waals surface area contributed by atoms with E-state index in [2.05, 4.69) is 25.5 Å². The molecule has 1 aliphatic rings. The number of piperidine rings is 1. The molecule has 0 aliphatic carbocycles. The van der Waals surface area contributed by atoms with Crippen molar-refractivity contribution < 1.29 is 4.79 Å². The molecule has 0 bridgehead atoms. The van der Waals surface area contributed by atoms with Crippen LogP contribution >= 0.6 is 0 Å². The minimum absolute atomic E-state index is 0.573. The van der Waals surface area contributed by atoms with Crippen LogP contribution in [-0.4, -0.2) is 47.1 Å². The second-order valence-electron chi connectivity index (χ2n) is 6.19. The molecule has 1 aromatic heterocycles. The summed E-state index contributed by atoms with van der Waals surface area (Å²) in [5.41, 5.74) is 7.66. The van der Waals surface area contributed by atoms with E-state index in [4.69, 9.17) is 5.73 Å². The van der Waals surface area contributed by atoms with Gasteiger partial charge in [-0.2, -0.15) is 0 Å². The first-order chi connectivity index (χ1) is 12.2. The third-order valence-corrected chi connectivity index (χ3v) is 4.30. The van der Waals surface area contributed by atoms with E-state index in [1.807, 2.05) is 12.1 Å². The number of anilines is 2. The highest BCUT2D eigenvalue weighted by Crippen LogP contribution is 2.20. The van der Waals surface area contributed by atoms with Crippen LogP contribution in [-0.2, 0) is 0 Å². The Labute approximate surface area is 147 Å². The molecule has 4 N–H and O–H groups in total. The largest absolute Gasteiger partial charge is 0.353 e. The Balaban J connectivity index is 1.51. The van der Waals surface area contributed by atoms with E-state index in [0.29, 0.717) is 11.6 Å². The molecule has 7 heteroatoms. The third kappa shape index (κ3) is 5.15. The molecule has 0 atom stereocenters. The lowest BCUT2D eigenvalue weighted by molar-refractivity contribution is 0.237. The molecule has 2 amide bonds. The lowest BCUT2D eigenvalue weighted by Crippen LogP contribution is -2.33. The minimum Gasteiger partial charge on any atom is -0.353 e. The zero-order chi connectivity index (χ0) is 17.5. The number of urea groups is 1. The van der Waals surface area contributed by atoms with Crippen molar-refractivity contribution in [2.24, 2.45) is 5.73 Å². The van der Waals surface area contributed by atoms with Crippen molar-refractivity contribution in [3.05, 3.63) is 36.7 Å². The van der Waals surface area contributed by atoms with Gasteiger partial charge in [-0.05, 0) is 43.6 Å². The topological polar surface area (TPSA) is 96.2 Å². The predicted molar refractivity (Wildman–Crippen MR) is 99.5 cm³/mol. The first-order valence-electron chi connectivity index (χ1n) is 8.66. The summed E-state index contributed by atoms with van der Waals surface area (Å²) in [6.45, 7) is 4.27. The summed E-state index contributed by atoms with van der Waals surface area (Å²) in [4.78, 5) is 22.1. The summed E-state index contributed by atoms with van der Waals surface area (Å²) in [5.74, 6) is 0.646. The molecule has 2 heterocycles. The summed E-state index contributed by atoms with van der Waals surface area (Å²) < 4.78 is 0. The van der Waals surface area contributed by atoms with E-state index >= 15 is 0 Å². The molecule has 132 valence electrons. The summed E-state index contributed by atoms with van der Waals surface area (Å²) in [7, 11) is 0. The minimum atomic E-state index is -0.573. The number of aromatic nitrogens is 2. The van der Waals surface area contributed by atoms with Crippen LogP contribution in [0.1, 0.15) is 19.3 Å². The number of carbonyl (C=O) groups is 1. The summed E-state index contributed by atoms with van der Waals surface area (Å²) in [6, 6.07) is 6.81. The average molecular weight is 340 g/mol. The van der Waals surface area contributed by atoms with Gasteiger partial charge >= 0.3 is 6.03 Å². The summed E-state index contributed by atoms with van der Waals surface area (Å²) in [6.07, 6.45) is 7.56. The Morgan fingerprint density at radius 2 is 1.72 bits per heavy atom. The number of nitrogens with one attached hydrogen (secondary N) is 2. The second-order valence-corrected chi connectivity index (χ2v) is 6.19. The quantitative estimate of drug-likeness (QED) is 0.751. The number of hydrogen-bond acceptors (Lipinski definition) is 5. The highest BCUT2D eigenvalue weighted by molar-refractivity contribution is 5.88. The van der Waals surface area contributed by atoms with Gasteiger partial charge < -0.3 is 21.3 Å². The van der Waals surface area contributed by atoms with E-state index in [0.717, 1.165) is 24.2 Å². The SMILES string of the molecule is NC(=O)Nc1ccc(-c2cnc(NCCN3CCCCC3)nc2)cc1. The van der Waals surface area contributed by atoms with Gasteiger partial charge in [0.2, 0.25) is 5.95 Å². The highest BCUT2D eigenvalue weighted by Gasteiger charge is 2.09. The molecule has 1 fully saturated rings. The number of likely N-dealkylation sites (tertiary alicyclic amines) is 1. The van der Waals surface area contributed by atoms with Crippen molar-refractivity contribution >= 4 is 17.7 Å². The number of nitrogens with zero attached hydrogens (tertiary/aromatic N) is 3. The van der Waals surface area contributed by atoms with Gasteiger partial charge in [0.25, 0.3) is 0 Å². The number of hydrogen-bond donors (Lipinski definition) is 3. The van der Waals surface area contributed by atoms with E-state index in [1.54, 1.807) is 24.5 Å². The number of rotatable bonds is 6. The molecule has 2 aromatic rings. The zero-order valence-electron chi connectivity index (χ0n) is 14.2. The molecule has 7 nitrogen and oxygen atoms in total. The Bertz CT molecular complexity index is 680. The van der Waals surface area contributed by atoms with Crippen molar-refractivity contribution in [3.63, 3.8) is 0 Å². The molecule has 25 heavy (non-hydrogen) atoms. The van der Waals surface area contributed by atoms with E-state index in [1.165, 1.54) is 32.4 Å². The standard InChI is InChI=1S/C18H24N6O/c19-17(25)23-16-6-4-14(5-7-16)15-12-21-18(22-13-15)20-8-11-24-9-2-1-3-10-24/h4-7,12-13H,1-3,8-11H2,(H3,19,23,25)(H,20,21,22). The Hall–Kier alpha value is -2.67. The lowest BCUT2D eigenvalue weighted by atomic mass is 10.1. The monoisotopic (exact) mass is 340 g/mol. The van der Waals surface area contributed by atoms with Crippen LogP contribution in [0.25, 0.3) is 11.1 Å². The van der Waals surface area contributed by atoms with E-state index < -0.39 is 6.03 Å². The fourth-order valence-electron chi connectivity index (χ4n) is 2.97. The van der Waals surface area contributed by atoms with E-state index in [-0.39, 0.29) is 0 Å².